The van der Waals surface area contributed by atoms with Crippen LogP contribution >= 0.6 is 0 Å². The number of ketones is 1. The SMILES string of the molecule is COc1ccc(C2CC(=O)CCC2c2ccccc2)cc1. The summed E-state index contributed by atoms with van der Waals surface area (Å²) in [6, 6.07) is 18.7. The van der Waals surface area contributed by atoms with Crippen molar-refractivity contribution < 1.29 is 9.53 Å². The zero-order chi connectivity index (χ0) is 14.7. The molecule has 1 fully saturated rings. The summed E-state index contributed by atoms with van der Waals surface area (Å²) in [6.07, 6.45) is 2.29. The molecule has 0 aromatic heterocycles. The molecule has 2 heteroatoms. The van der Waals surface area contributed by atoms with Gasteiger partial charge in [-0.05, 0) is 41.5 Å². The summed E-state index contributed by atoms with van der Waals surface area (Å²) in [5.74, 6) is 1.94. The van der Waals surface area contributed by atoms with Crippen LogP contribution in [0, 0.1) is 0 Å². The molecule has 2 aromatic carbocycles. The van der Waals surface area contributed by atoms with E-state index in [1.807, 2.05) is 18.2 Å². The minimum Gasteiger partial charge on any atom is -0.497 e. The summed E-state index contributed by atoms with van der Waals surface area (Å²) in [5, 5.41) is 0. The predicted molar refractivity (Wildman–Crippen MR) is 83.8 cm³/mol. The normalized spacial score (nSPS) is 22.0. The van der Waals surface area contributed by atoms with Gasteiger partial charge in [-0.25, -0.2) is 0 Å². The zero-order valence-corrected chi connectivity index (χ0v) is 12.3. The van der Waals surface area contributed by atoms with Gasteiger partial charge in [-0.3, -0.25) is 4.79 Å². The lowest BCUT2D eigenvalue weighted by atomic mass is 9.72. The molecule has 0 spiro atoms. The lowest BCUT2D eigenvalue weighted by Gasteiger charge is -2.31. The average Bonchev–Trinajstić information content (AvgIpc) is 2.56. The Morgan fingerprint density at radius 3 is 2.24 bits per heavy atom. The zero-order valence-electron chi connectivity index (χ0n) is 12.3. The molecule has 2 nitrogen and oxygen atoms in total. The Balaban J connectivity index is 1.92. The van der Waals surface area contributed by atoms with E-state index in [1.54, 1.807) is 7.11 Å². The fourth-order valence-electron chi connectivity index (χ4n) is 3.31. The van der Waals surface area contributed by atoms with Crippen molar-refractivity contribution in [3.8, 4) is 5.75 Å². The van der Waals surface area contributed by atoms with E-state index in [0.717, 1.165) is 12.2 Å². The third-order valence-corrected chi connectivity index (χ3v) is 4.44. The van der Waals surface area contributed by atoms with Gasteiger partial charge >= 0.3 is 0 Å². The number of carbonyl (C=O) groups is 1. The van der Waals surface area contributed by atoms with Crippen LogP contribution in [-0.2, 0) is 4.79 Å². The van der Waals surface area contributed by atoms with Crippen LogP contribution in [0.5, 0.6) is 5.75 Å². The molecular formula is C19H20O2. The molecule has 0 aliphatic heterocycles. The smallest absolute Gasteiger partial charge is 0.133 e. The van der Waals surface area contributed by atoms with E-state index in [-0.39, 0.29) is 5.92 Å². The first-order valence-electron chi connectivity index (χ1n) is 7.48. The molecule has 3 rings (SSSR count). The molecule has 1 aliphatic rings. The highest BCUT2D eigenvalue weighted by molar-refractivity contribution is 5.80. The van der Waals surface area contributed by atoms with Gasteiger partial charge in [0, 0.05) is 12.8 Å². The lowest BCUT2D eigenvalue weighted by molar-refractivity contribution is -0.121. The Hall–Kier alpha value is -2.09. The van der Waals surface area contributed by atoms with Crippen molar-refractivity contribution >= 4 is 5.78 Å². The molecule has 1 aliphatic carbocycles. The highest BCUT2D eigenvalue weighted by Gasteiger charge is 2.31. The first kappa shape index (κ1) is 13.9. The van der Waals surface area contributed by atoms with Crippen LogP contribution in [0.3, 0.4) is 0 Å². The van der Waals surface area contributed by atoms with Gasteiger partial charge in [-0.1, -0.05) is 42.5 Å². The molecule has 2 aromatic rings. The van der Waals surface area contributed by atoms with Crippen molar-refractivity contribution in [2.24, 2.45) is 0 Å². The van der Waals surface area contributed by atoms with Crippen LogP contribution in [0.1, 0.15) is 42.2 Å². The van der Waals surface area contributed by atoms with E-state index in [9.17, 15) is 4.79 Å². The average molecular weight is 280 g/mol. The van der Waals surface area contributed by atoms with Gasteiger partial charge in [0.05, 0.1) is 7.11 Å². The van der Waals surface area contributed by atoms with Gasteiger partial charge in [-0.2, -0.15) is 0 Å². The molecule has 2 atom stereocenters. The van der Waals surface area contributed by atoms with Crippen LogP contribution in [0.4, 0.5) is 0 Å². The standard InChI is InChI=1S/C19H20O2/c1-21-17-10-7-15(8-11-17)19-13-16(20)9-12-18(19)14-5-3-2-4-6-14/h2-8,10-11,18-19H,9,12-13H2,1H3. The van der Waals surface area contributed by atoms with Crippen molar-refractivity contribution in [1.82, 2.24) is 0 Å². The quantitative estimate of drug-likeness (QED) is 0.837. The van der Waals surface area contributed by atoms with Crippen LogP contribution in [-0.4, -0.2) is 12.9 Å². The fraction of sp³-hybridized carbons (Fsp3) is 0.316. The molecule has 0 saturated heterocycles. The Kier molecular flexibility index (Phi) is 4.05. The third-order valence-electron chi connectivity index (χ3n) is 4.44. The molecule has 108 valence electrons. The van der Waals surface area contributed by atoms with Gasteiger partial charge in [0.1, 0.15) is 11.5 Å². The Morgan fingerprint density at radius 2 is 1.57 bits per heavy atom. The Bertz CT molecular complexity index is 601. The van der Waals surface area contributed by atoms with E-state index in [2.05, 4.69) is 36.4 Å². The maximum absolute atomic E-state index is 11.9. The van der Waals surface area contributed by atoms with E-state index in [0.29, 0.717) is 24.5 Å². The van der Waals surface area contributed by atoms with Gasteiger partial charge in [0.2, 0.25) is 0 Å². The van der Waals surface area contributed by atoms with Crippen molar-refractivity contribution in [3.05, 3.63) is 65.7 Å². The Morgan fingerprint density at radius 1 is 0.905 bits per heavy atom. The maximum atomic E-state index is 11.9. The van der Waals surface area contributed by atoms with Crippen LogP contribution in [0.25, 0.3) is 0 Å². The van der Waals surface area contributed by atoms with Gasteiger partial charge in [0.15, 0.2) is 0 Å². The number of Topliss-reactive ketones (excluding diaryl/α,β-unsaturated/α-hetero) is 1. The lowest BCUT2D eigenvalue weighted by Crippen LogP contribution is -2.22. The second kappa shape index (κ2) is 6.13. The summed E-state index contributed by atoms with van der Waals surface area (Å²) in [7, 11) is 1.67. The molecule has 21 heavy (non-hydrogen) atoms. The highest BCUT2D eigenvalue weighted by Crippen LogP contribution is 2.43. The van der Waals surface area contributed by atoms with E-state index in [4.69, 9.17) is 4.74 Å². The first-order valence-corrected chi connectivity index (χ1v) is 7.48. The van der Waals surface area contributed by atoms with E-state index >= 15 is 0 Å². The topological polar surface area (TPSA) is 26.3 Å². The van der Waals surface area contributed by atoms with Gasteiger partial charge in [-0.15, -0.1) is 0 Å². The second-order valence-electron chi connectivity index (χ2n) is 5.68. The molecule has 0 radical (unpaired) electrons. The Labute approximate surface area is 125 Å². The number of benzene rings is 2. The molecule has 0 heterocycles. The monoisotopic (exact) mass is 280 g/mol. The van der Waals surface area contributed by atoms with Crippen LogP contribution in [0.2, 0.25) is 0 Å². The number of rotatable bonds is 3. The summed E-state index contributed by atoms with van der Waals surface area (Å²) in [4.78, 5) is 11.9. The third kappa shape index (κ3) is 2.99. The van der Waals surface area contributed by atoms with Crippen LogP contribution in [0.15, 0.2) is 54.6 Å². The number of methoxy groups -OCH3 is 1. The van der Waals surface area contributed by atoms with Crippen LogP contribution < -0.4 is 4.74 Å². The van der Waals surface area contributed by atoms with Crippen molar-refractivity contribution in [2.45, 2.75) is 31.1 Å². The molecule has 2 unspecified atom stereocenters. The summed E-state index contributed by atoms with van der Waals surface area (Å²) in [5.41, 5.74) is 2.57. The minimum absolute atomic E-state index is 0.277. The fourth-order valence-corrected chi connectivity index (χ4v) is 3.31. The molecular weight excluding hydrogens is 260 g/mol. The molecule has 1 saturated carbocycles. The van der Waals surface area contributed by atoms with E-state index < -0.39 is 0 Å². The molecule has 0 N–H and O–H groups in total. The van der Waals surface area contributed by atoms with Gasteiger partial charge in [0.25, 0.3) is 0 Å². The van der Waals surface area contributed by atoms with Crippen molar-refractivity contribution in [2.75, 3.05) is 7.11 Å². The van der Waals surface area contributed by atoms with Crippen molar-refractivity contribution in [1.29, 1.82) is 0 Å². The number of hydrogen-bond acceptors (Lipinski definition) is 2. The van der Waals surface area contributed by atoms with E-state index in [1.165, 1.54) is 11.1 Å². The number of ether oxygens (including phenoxy) is 1. The maximum Gasteiger partial charge on any atom is 0.133 e. The largest absolute Gasteiger partial charge is 0.497 e. The highest BCUT2D eigenvalue weighted by atomic mass is 16.5. The van der Waals surface area contributed by atoms with Gasteiger partial charge < -0.3 is 4.74 Å². The summed E-state index contributed by atoms with van der Waals surface area (Å²) < 4.78 is 5.22. The molecule has 0 amide bonds. The predicted octanol–water partition coefficient (Wildman–Crippen LogP) is 4.32. The second-order valence-corrected chi connectivity index (χ2v) is 5.68. The first-order chi connectivity index (χ1) is 10.3. The summed E-state index contributed by atoms with van der Waals surface area (Å²) in [6.45, 7) is 0. The number of carbonyl (C=O) groups excluding carboxylic acids is 1. The number of hydrogen-bond donors (Lipinski definition) is 0. The summed E-state index contributed by atoms with van der Waals surface area (Å²) >= 11 is 0. The van der Waals surface area contributed by atoms with Crippen molar-refractivity contribution in [3.63, 3.8) is 0 Å². The molecule has 0 bridgehead atoms. The minimum atomic E-state index is 0.277.